The van der Waals surface area contributed by atoms with Crippen LogP contribution in [0.5, 0.6) is 11.5 Å². The molecule has 4 aromatic rings. The van der Waals surface area contributed by atoms with Crippen LogP contribution in [0.3, 0.4) is 0 Å². The molecule has 0 aliphatic heterocycles. The highest BCUT2D eigenvalue weighted by Crippen LogP contribution is 2.26. The van der Waals surface area contributed by atoms with Crippen LogP contribution in [0.4, 0.5) is 0 Å². The van der Waals surface area contributed by atoms with E-state index in [4.69, 9.17) is 9.47 Å². The van der Waals surface area contributed by atoms with Crippen LogP contribution in [-0.2, 0) is 4.79 Å². The number of hydrogen-bond acceptors (Lipinski definition) is 5. The molecule has 0 aromatic heterocycles. The number of carbonyl (C=O) groups is 2. The third-order valence-corrected chi connectivity index (χ3v) is 5.76. The van der Waals surface area contributed by atoms with E-state index in [1.807, 2.05) is 61.5 Å². The fraction of sp³-hybridized carbons (Fsp3) is 0.107. The van der Waals surface area contributed by atoms with Crippen LogP contribution < -0.4 is 14.9 Å². The van der Waals surface area contributed by atoms with Gasteiger partial charge < -0.3 is 9.47 Å². The number of amides is 1. The van der Waals surface area contributed by atoms with E-state index < -0.39 is 18.0 Å². The van der Waals surface area contributed by atoms with E-state index in [0.717, 1.165) is 20.8 Å². The zero-order valence-corrected chi connectivity index (χ0v) is 20.8. The first-order valence-electron chi connectivity index (χ1n) is 11.0. The number of rotatable bonds is 7. The Morgan fingerprint density at radius 2 is 1.69 bits per heavy atom. The molecule has 176 valence electrons. The molecule has 6 nitrogen and oxygen atoms in total. The molecule has 0 radical (unpaired) electrons. The lowest BCUT2D eigenvalue weighted by molar-refractivity contribution is -0.127. The SMILES string of the molecule is Cc1ccc(C(=O)Oc2ccc(Br)cc2C=NNC(=O)C(C)Oc2cccc3ccccc23)cc1. The highest BCUT2D eigenvalue weighted by Gasteiger charge is 2.16. The first-order valence-corrected chi connectivity index (χ1v) is 11.8. The summed E-state index contributed by atoms with van der Waals surface area (Å²) in [6, 6.07) is 25.8. The van der Waals surface area contributed by atoms with Crippen molar-refractivity contribution in [3.63, 3.8) is 0 Å². The Labute approximate surface area is 211 Å². The maximum absolute atomic E-state index is 12.6. The van der Waals surface area contributed by atoms with Gasteiger partial charge in [0.15, 0.2) is 6.10 Å². The minimum atomic E-state index is -0.778. The van der Waals surface area contributed by atoms with Crippen molar-refractivity contribution < 1.29 is 19.1 Å². The number of halogens is 1. The van der Waals surface area contributed by atoms with Gasteiger partial charge in [-0.2, -0.15) is 5.10 Å². The van der Waals surface area contributed by atoms with Crippen molar-refractivity contribution in [3.8, 4) is 11.5 Å². The van der Waals surface area contributed by atoms with Crippen molar-refractivity contribution in [1.82, 2.24) is 5.43 Å². The van der Waals surface area contributed by atoms with E-state index >= 15 is 0 Å². The van der Waals surface area contributed by atoms with Crippen LogP contribution in [0.15, 0.2) is 94.5 Å². The molecule has 0 spiro atoms. The van der Waals surface area contributed by atoms with Gasteiger partial charge in [-0.3, -0.25) is 4.79 Å². The molecule has 1 unspecified atom stereocenters. The summed E-state index contributed by atoms with van der Waals surface area (Å²) in [7, 11) is 0. The number of ether oxygens (including phenoxy) is 2. The third-order valence-electron chi connectivity index (χ3n) is 5.26. The summed E-state index contributed by atoms with van der Waals surface area (Å²) in [5, 5.41) is 5.99. The number of nitrogens with zero attached hydrogens (tertiary/aromatic N) is 1. The van der Waals surface area contributed by atoms with Gasteiger partial charge in [0.2, 0.25) is 0 Å². The quantitative estimate of drug-likeness (QED) is 0.136. The van der Waals surface area contributed by atoms with Crippen LogP contribution >= 0.6 is 15.9 Å². The first-order chi connectivity index (χ1) is 16.9. The number of nitrogens with one attached hydrogen (secondary N) is 1. The Morgan fingerprint density at radius 3 is 2.49 bits per heavy atom. The van der Waals surface area contributed by atoms with Crippen LogP contribution in [0.1, 0.15) is 28.4 Å². The number of hydrogen-bond donors (Lipinski definition) is 1. The predicted octanol–water partition coefficient (Wildman–Crippen LogP) is 6.05. The summed E-state index contributed by atoms with van der Waals surface area (Å²) >= 11 is 3.41. The average Bonchev–Trinajstić information content (AvgIpc) is 2.86. The van der Waals surface area contributed by atoms with Crippen LogP contribution in [0.2, 0.25) is 0 Å². The van der Waals surface area contributed by atoms with E-state index in [0.29, 0.717) is 22.6 Å². The number of hydrazone groups is 1. The normalized spacial score (nSPS) is 11.9. The standard InChI is InChI=1S/C28H23BrN2O4/c1-18-10-12-21(13-11-18)28(33)35-25-15-14-23(29)16-22(25)17-30-31-27(32)19(2)34-26-9-5-7-20-6-3-4-8-24(20)26/h3-17,19H,1-2H3,(H,31,32). The molecule has 0 fully saturated rings. The fourth-order valence-electron chi connectivity index (χ4n) is 3.36. The van der Waals surface area contributed by atoms with Gasteiger partial charge in [-0.1, -0.05) is 70.0 Å². The van der Waals surface area contributed by atoms with E-state index in [2.05, 4.69) is 26.5 Å². The maximum Gasteiger partial charge on any atom is 0.343 e. The molecule has 1 atom stereocenters. The molecule has 1 amide bonds. The lowest BCUT2D eigenvalue weighted by Gasteiger charge is -2.14. The van der Waals surface area contributed by atoms with Gasteiger partial charge in [0.05, 0.1) is 11.8 Å². The molecule has 4 aromatic carbocycles. The second kappa shape index (κ2) is 11.0. The topological polar surface area (TPSA) is 77.0 Å². The van der Waals surface area contributed by atoms with Gasteiger partial charge in [-0.25, -0.2) is 10.2 Å². The lowest BCUT2D eigenvalue weighted by Crippen LogP contribution is -2.33. The fourth-order valence-corrected chi connectivity index (χ4v) is 3.74. The first kappa shape index (κ1) is 24.2. The van der Waals surface area contributed by atoms with Crippen LogP contribution in [-0.4, -0.2) is 24.2 Å². The second-order valence-corrected chi connectivity index (χ2v) is 8.82. The zero-order valence-electron chi connectivity index (χ0n) is 19.2. The molecule has 1 N–H and O–H groups in total. The maximum atomic E-state index is 12.6. The molecule has 35 heavy (non-hydrogen) atoms. The van der Waals surface area contributed by atoms with Crippen molar-refractivity contribution in [3.05, 3.63) is 106 Å². The van der Waals surface area contributed by atoms with Gasteiger partial charge in [-0.05, 0) is 55.6 Å². The van der Waals surface area contributed by atoms with Crippen molar-refractivity contribution in [1.29, 1.82) is 0 Å². The number of benzene rings is 4. The van der Waals surface area contributed by atoms with Crippen LogP contribution in [0.25, 0.3) is 10.8 Å². The molecule has 0 bridgehead atoms. The van der Waals surface area contributed by atoms with Gasteiger partial charge in [0, 0.05) is 15.4 Å². The Morgan fingerprint density at radius 1 is 0.943 bits per heavy atom. The molecule has 0 heterocycles. The Kier molecular flexibility index (Phi) is 7.57. The van der Waals surface area contributed by atoms with Gasteiger partial charge in [0.25, 0.3) is 5.91 Å². The highest BCUT2D eigenvalue weighted by molar-refractivity contribution is 9.10. The minimum absolute atomic E-state index is 0.317. The number of carbonyl (C=O) groups excluding carboxylic acids is 2. The Balaban J connectivity index is 1.42. The van der Waals surface area contributed by atoms with E-state index in [1.54, 1.807) is 37.3 Å². The molecule has 0 aliphatic rings. The van der Waals surface area contributed by atoms with E-state index in [1.165, 1.54) is 6.21 Å². The van der Waals surface area contributed by atoms with Gasteiger partial charge >= 0.3 is 5.97 Å². The Hall–Kier alpha value is -3.97. The summed E-state index contributed by atoms with van der Waals surface area (Å²) in [6.07, 6.45) is 0.643. The summed E-state index contributed by atoms with van der Waals surface area (Å²) in [5.74, 6) is 0.0364. The highest BCUT2D eigenvalue weighted by atomic mass is 79.9. The minimum Gasteiger partial charge on any atom is -0.480 e. The van der Waals surface area contributed by atoms with E-state index in [-0.39, 0.29) is 0 Å². The number of esters is 1. The monoisotopic (exact) mass is 530 g/mol. The van der Waals surface area contributed by atoms with E-state index in [9.17, 15) is 9.59 Å². The van der Waals surface area contributed by atoms with Crippen LogP contribution in [0, 0.1) is 6.92 Å². The van der Waals surface area contributed by atoms with Gasteiger partial charge in [0.1, 0.15) is 11.5 Å². The van der Waals surface area contributed by atoms with Gasteiger partial charge in [-0.15, -0.1) is 0 Å². The average molecular weight is 531 g/mol. The Bertz CT molecular complexity index is 1390. The summed E-state index contributed by atoms with van der Waals surface area (Å²) < 4.78 is 12.2. The molecular formula is C28H23BrN2O4. The summed E-state index contributed by atoms with van der Waals surface area (Å²) in [6.45, 7) is 3.60. The molecule has 0 saturated heterocycles. The molecule has 7 heteroatoms. The smallest absolute Gasteiger partial charge is 0.343 e. The molecular weight excluding hydrogens is 508 g/mol. The zero-order chi connectivity index (χ0) is 24.8. The summed E-state index contributed by atoms with van der Waals surface area (Å²) in [5.41, 5.74) is 4.49. The summed E-state index contributed by atoms with van der Waals surface area (Å²) in [4.78, 5) is 25.1. The predicted molar refractivity (Wildman–Crippen MR) is 140 cm³/mol. The molecule has 0 aliphatic carbocycles. The largest absolute Gasteiger partial charge is 0.480 e. The van der Waals surface area contributed by atoms with Crippen molar-refractivity contribution in [2.24, 2.45) is 5.10 Å². The third kappa shape index (κ3) is 6.13. The number of fused-ring (bicyclic) bond motifs is 1. The lowest BCUT2D eigenvalue weighted by atomic mass is 10.1. The van der Waals surface area contributed by atoms with Crippen molar-refractivity contribution >= 4 is 44.8 Å². The number of aryl methyl sites for hydroxylation is 1. The van der Waals surface area contributed by atoms with Crippen molar-refractivity contribution in [2.75, 3.05) is 0 Å². The second-order valence-electron chi connectivity index (χ2n) is 7.91. The molecule has 0 saturated carbocycles. The van der Waals surface area contributed by atoms with Crippen molar-refractivity contribution in [2.45, 2.75) is 20.0 Å². The molecule has 4 rings (SSSR count).